The molecule has 0 aromatic heterocycles. The van der Waals surface area contributed by atoms with Crippen molar-refractivity contribution >= 4 is 35.1 Å². The number of hydrogen-bond acceptors (Lipinski definition) is 4. The zero-order valence-corrected chi connectivity index (χ0v) is 9.97. The van der Waals surface area contributed by atoms with Gasteiger partial charge >= 0.3 is 5.97 Å². The molecule has 0 aliphatic rings. The first-order valence-corrected chi connectivity index (χ1v) is 5.11. The van der Waals surface area contributed by atoms with E-state index in [1.165, 1.54) is 18.2 Å². The molecule has 0 atom stereocenters. The molecule has 0 radical (unpaired) electrons. The number of aliphatic carboxylic acids is 1. The van der Waals surface area contributed by atoms with E-state index in [1.807, 2.05) is 0 Å². The quantitative estimate of drug-likeness (QED) is 0.297. The van der Waals surface area contributed by atoms with Gasteiger partial charge < -0.3 is 5.11 Å². The Labute approximate surface area is 107 Å². The molecule has 0 aliphatic heterocycles. The van der Waals surface area contributed by atoms with Crippen molar-refractivity contribution in [3.8, 4) is 0 Å². The topological polar surface area (TPSA) is 97.5 Å². The molecule has 0 spiro atoms. The molecule has 1 N–H and O–H groups in total. The lowest BCUT2D eigenvalue weighted by atomic mass is 10.1. The Kier molecular flexibility index (Phi) is 4.17. The van der Waals surface area contributed by atoms with Crippen molar-refractivity contribution in [2.24, 2.45) is 0 Å². The van der Waals surface area contributed by atoms with Crippen LogP contribution in [0, 0.1) is 10.1 Å². The molecule has 0 fully saturated rings. The summed E-state index contributed by atoms with van der Waals surface area (Å²) < 4.78 is 0. The Morgan fingerprint density at radius 1 is 1.44 bits per heavy atom. The smallest absolute Gasteiger partial charge is 0.339 e. The maximum atomic E-state index is 11.1. The minimum Gasteiger partial charge on any atom is -0.478 e. The van der Waals surface area contributed by atoms with Gasteiger partial charge in [-0.3, -0.25) is 14.9 Å². The second-order valence-electron chi connectivity index (χ2n) is 3.36. The van der Waals surface area contributed by atoms with Gasteiger partial charge in [-0.1, -0.05) is 23.7 Å². The minimum absolute atomic E-state index is 0.110. The van der Waals surface area contributed by atoms with Crippen molar-refractivity contribution in [3.05, 3.63) is 44.5 Å². The number of nitro groups is 1. The molecule has 1 aromatic rings. The number of carboxylic acid groups (broad SMARTS) is 1. The third-order valence-electron chi connectivity index (χ3n) is 2.11. The van der Waals surface area contributed by atoms with E-state index in [-0.39, 0.29) is 16.3 Å². The molecule has 0 saturated heterocycles. The van der Waals surface area contributed by atoms with E-state index in [9.17, 15) is 19.7 Å². The number of Topliss-reactive ketones (excluding diaryl/α,β-unsaturated/α-hetero) is 1. The van der Waals surface area contributed by atoms with Crippen molar-refractivity contribution in [1.82, 2.24) is 0 Å². The van der Waals surface area contributed by atoms with Gasteiger partial charge in [0.1, 0.15) is 10.6 Å². The molecular weight excluding hydrogens is 262 g/mol. The third-order valence-corrected chi connectivity index (χ3v) is 2.53. The van der Waals surface area contributed by atoms with Crippen LogP contribution in [0.1, 0.15) is 12.5 Å². The van der Waals surface area contributed by atoms with Crippen LogP contribution in [0.15, 0.2) is 23.8 Å². The highest BCUT2D eigenvalue weighted by atomic mass is 35.5. The summed E-state index contributed by atoms with van der Waals surface area (Å²) in [6.07, 6.45) is 1.01. The number of nitrogens with zero attached hydrogens (tertiary/aromatic N) is 1. The molecule has 0 heterocycles. The standard InChI is InChI=1S/C11H8ClNO5/c1-6(14)8(11(15)16)5-7-3-2-4-9(10(7)12)13(17)18/h2-5H,1H3,(H,15,16)/b8-5+. The number of carboxylic acids is 1. The highest BCUT2D eigenvalue weighted by molar-refractivity contribution is 6.34. The van der Waals surface area contributed by atoms with Crippen molar-refractivity contribution in [3.63, 3.8) is 0 Å². The first kappa shape index (κ1) is 13.9. The van der Waals surface area contributed by atoms with E-state index >= 15 is 0 Å². The first-order valence-electron chi connectivity index (χ1n) is 4.73. The summed E-state index contributed by atoms with van der Waals surface area (Å²) in [7, 11) is 0. The molecule has 94 valence electrons. The van der Waals surface area contributed by atoms with Crippen LogP contribution >= 0.6 is 11.6 Å². The van der Waals surface area contributed by atoms with E-state index in [0.29, 0.717) is 0 Å². The summed E-state index contributed by atoms with van der Waals surface area (Å²) in [5.41, 5.74) is -0.727. The maximum absolute atomic E-state index is 11.1. The van der Waals surface area contributed by atoms with Crippen LogP contribution in [0.3, 0.4) is 0 Å². The fourth-order valence-electron chi connectivity index (χ4n) is 1.26. The lowest BCUT2D eigenvalue weighted by molar-refractivity contribution is -0.384. The second-order valence-corrected chi connectivity index (χ2v) is 3.73. The van der Waals surface area contributed by atoms with Gasteiger partial charge in [0.05, 0.1) is 4.92 Å². The number of carbonyl (C=O) groups is 2. The molecule has 6 nitrogen and oxygen atoms in total. The Morgan fingerprint density at radius 3 is 2.50 bits per heavy atom. The van der Waals surface area contributed by atoms with Crippen LogP contribution < -0.4 is 0 Å². The van der Waals surface area contributed by atoms with E-state index in [4.69, 9.17) is 16.7 Å². The fourth-order valence-corrected chi connectivity index (χ4v) is 1.51. The fraction of sp³-hybridized carbons (Fsp3) is 0.0909. The molecule has 7 heteroatoms. The molecule has 0 amide bonds. The Morgan fingerprint density at radius 2 is 2.06 bits per heavy atom. The molecule has 1 rings (SSSR count). The highest BCUT2D eigenvalue weighted by Crippen LogP contribution is 2.29. The number of ketones is 1. The summed E-state index contributed by atoms with van der Waals surface area (Å²) in [6.45, 7) is 1.09. The van der Waals surface area contributed by atoms with Gasteiger partial charge in [0, 0.05) is 11.6 Å². The zero-order valence-electron chi connectivity index (χ0n) is 9.21. The maximum Gasteiger partial charge on any atom is 0.339 e. The zero-order chi connectivity index (χ0) is 13.9. The average Bonchev–Trinajstić information content (AvgIpc) is 2.26. The number of carbonyl (C=O) groups excluding carboxylic acids is 1. The van der Waals surface area contributed by atoms with Gasteiger partial charge in [0.2, 0.25) is 0 Å². The van der Waals surface area contributed by atoms with Crippen LogP contribution in [0.5, 0.6) is 0 Å². The Balaban J connectivity index is 3.39. The monoisotopic (exact) mass is 269 g/mol. The number of nitro benzene ring substituents is 1. The van der Waals surface area contributed by atoms with Crippen molar-refractivity contribution in [1.29, 1.82) is 0 Å². The normalized spacial score (nSPS) is 11.1. The molecule has 0 saturated carbocycles. The number of halogens is 1. The SMILES string of the molecule is CC(=O)/C(=C\c1cccc([N+](=O)[O-])c1Cl)C(=O)O. The summed E-state index contributed by atoms with van der Waals surface area (Å²) in [4.78, 5) is 31.9. The number of benzene rings is 1. The lowest BCUT2D eigenvalue weighted by Gasteiger charge is -2.01. The summed E-state index contributed by atoms with van der Waals surface area (Å²) in [5.74, 6) is -2.07. The van der Waals surface area contributed by atoms with Crippen LogP contribution in [0.2, 0.25) is 5.02 Å². The van der Waals surface area contributed by atoms with Crippen LogP contribution in [0.4, 0.5) is 5.69 Å². The molecule has 18 heavy (non-hydrogen) atoms. The van der Waals surface area contributed by atoms with Crippen molar-refractivity contribution < 1.29 is 19.6 Å². The largest absolute Gasteiger partial charge is 0.478 e. The van der Waals surface area contributed by atoms with E-state index in [2.05, 4.69) is 0 Å². The summed E-state index contributed by atoms with van der Waals surface area (Å²) in [5, 5.41) is 19.2. The van der Waals surface area contributed by atoms with E-state index < -0.39 is 22.2 Å². The number of rotatable bonds is 4. The predicted octanol–water partition coefficient (Wildman–Crippen LogP) is 2.31. The van der Waals surface area contributed by atoms with Gasteiger partial charge in [-0.2, -0.15) is 0 Å². The van der Waals surface area contributed by atoms with Crippen molar-refractivity contribution in [2.75, 3.05) is 0 Å². The van der Waals surface area contributed by atoms with E-state index in [0.717, 1.165) is 13.0 Å². The van der Waals surface area contributed by atoms with E-state index in [1.54, 1.807) is 0 Å². The third kappa shape index (κ3) is 2.92. The van der Waals surface area contributed by atoms with Gasteiger partial charge in [0.15, 0.2) is 5.78 Å². The number of hydrogen-bond donors (Lipinski definition) is 1. The van der Waals surface area contributed by atoms with Gasteiger partial charge in [0.25, 0.3) is 5.69 Å². The van der Waals surface area contributed by atoms with Crippen LogP contribution in [0.25, 0.3) is 6.08 Å². The Bertz CT molecular complexity index is 549. The van der Waals surface area contributed by atoms with Gasteiger partial charge in [-0.15, -0.1) is 0 Å². The first-order chi connectivity index (χ1) is 8.34. The molecule has 0 aliphatic carbocycles. The van der Waals surface area contributed by atoms with Crippen LogP contribution in [-0.4, -0.2) is 21.8 Å². The van der Waals surface area contributed by atoms with Gasteiger partial charge in [-0.05, 0) is 13.0 Å². The molecule has 1 aromatic carbocycles. The summed E-state index contributed by atoms with van der Waals surface area (Å²) in [6, 6.07) is 3.94. The summed E-state index contributed by atoms with van der Waals surface area (Å²) >= 11 is 5.77. The molecular formula is C11H8ClNO5. The predicted molar refractivity (Wildman–Crippen MR) is 64.4 cm³/mol. The molecule has 0 unspecified atom stereocenters. The van der Waals surface area contributed by atoms with Crippen LogP contribution in [-0.2, 0) is 9.59 Å². The average molecular weight is 270 g/mol. The highest BCUT2D eigenvalue weighted by Gasteiger charge is 2.17. The Hall–Kier alpha value is -2.21. The van der Waals surface area contributed by atoms with Gasteiger partial charge in [-0.25, -0.2) is 4.79 Å². The minimum atomic E-state index is -1.41. The molecule has 0 bridgehead atoms. The second kappa shape index (κ2) is 5.42. The lowest BCUT2D eigenvalue weighted by Crippen LogP contribution is -2.08. The van der Waals surface area contributed by atoms with Crippen molar-refractivity contribution in [2.45, 2.75) is 6.92 Å².